The molecule has 0 atom stereocenters. The van der Waals surface area contributed by atoms with Crippen molar-refractivity contribution in [1.29, 1.82) is 0 Å². The van der Waals surface area contributed by atoms with Gasteiger partial charge in [-0.05, 0) is 48.3 Å². The maximum atomic E-state index is 5.80. The van der Waals surface area contributed by atoms with Crippen molar-refractivity contribution in [2.24, 2.45) is 11.3 Å². The van der Waals surface area contributed by atoms with Crippen molar-refractivity contribution >= 4 is 17.4 Å². The van der Waals surface area contributed by atoms with Crippen molar-refractivity contribution in [3.8, 4) is 0 Å². The number of aromatic nitrogens is 2. The van der Waals surface area contributed by atoms with Gasteiger partial charge in [-0.15, -0.1) is 0 Å². The molecule has 1 heterocycles. The lowest BCUT2D eigenvalue weighted by atomic mass is 9.78. The Labute approximate surface area is 114 Å². The minimum Gasteiger partial charge on any atom is -0.369 e. The van der Waals surface area contributed by atoms with E-state index in [2.05, 4.69) is 29.1 Å². The predicted octanol–water partition coefficient (Wildman–Crippen LogP) is 4.15. The van der Waals surface area contributed by atoms with E-state index in [4.69, 9.17) is 11.6 Å². The van der Waals surface area contributed by atoms with E-state index in [0.29, 0.717) is 10.7 Å². The van der Waals surface area contributed by atoms with Crippen molar-refractivity contribution < 1.29 is 0 Å². The number of nitrogens with zero attached hydrogens (tertiary/aromatic N) is 2. The Hall–Kier alpha value is -0.830. The number of rotatable bonds is 5. The molecule has 1 saturated carbocycles. The lowest BCUT2D eigenvalue weighted by Crippen LogP contribution is -2.28. The molecule has 1 fully saturated rings. The Balaban J connectivity index is 1.97. The maximum absolute atomic E-state index is 5.80. The van der Waals surface area contributed by atoms with E-state index >= 15 is 0 Å². The van der Waals surface area contributed by atoms with Crippen molar-refractivity contribution in [3.05, 3.63) is 17.5 Å². The highest BCUT2D eigenvalue weighted by molar-refractivity contribution is 6.28. The first-order valence-corrected chi connectivity index (χ1v) is 7.20. The highest BCUT2D eigenvalue weighted by Gasteiger charge is 2.34. The Morgan fingerprint density at radius 2 is 2.11 bits per heavy atom. The van der Waals surface area contributed by atoms with Gasteiger partial charge in [0.25, 0.3) is 0 Å². The number of anilines is 1. The Morgan fingerprint density at radius 3 is 2.72 bits per heavy atom. The highest BCUT2D eigenvalue weighted by Crippen LogP contribution is 2.43. The van der Waals surface area contributed by atoms with E-state index in [9.17, 15) is 0 Å². The van der Waals surface area contributed by atoms with Crippen LogP contribution in [0.15, 0.2) is 12.3 Å². The third kappa shape index (κ3) is 3.58. The molecule has 2 rings (SSSR count). The van der Waals surface area contributed by atoms with Crippen LogP contribution in [0, 0.1) is 11.3 Å². The van der Waals surface area contributed by atoms with Crippen LogP contribution in [-0.4, -0.2) is 16.5 Å². The van der Waals surface area contributed by atoms with Crippen LogP contribution in [-0.2, 0) is 0 Å². The second-order valence-corrected chi connectivity index (χ2v) is 6.21. The van der Waals surface area contributed by atoms with Crippen LogP contribution in [0.25, 0.3) is 0 Å². The van der Waals surface area contributed by atoms with Crippen LogP contribution in [0.3, 0.4) is 0 Å². The van der Waals surface area contributed by atoms with Crippen LogP contribution < -0.4 is 5.32 Å². The zero-order valence-electron chi connectivity index (χ0n) is 11.2. The van der Waals surface area contributed by atoms with Gasteiger partial charge in [0.1, 0.15) is 5.82 Å². The lowest BCUT2D eigenvalue weighted by molar-refractivity contribution is 0.252. The van der Waals surface area contributed by atoms with Crippen molar-refractivity contribution in [2.45, 2.75) is 46.0 Å². The predicted molar refractivity (Wildman–Crippen MR) is 75.9 cm³/mol. The summed E-state index contributed by atoms with van der Waals surface area (Å²) >= 11 is 5.80. The zero-order chi connectivity index (χ0) is 13.0. The fourth-order valence-electron chi connectivity index (χ4n) is 3.16. The summed E-state index contributed by atoms with van der Waals surface area (Å²) in [6, 6.07) is 1.88. The molecule has 100 valence electrons. The summed E-state index contributed by atoms with van der Waals surface area (Å²) in [5, 5.41) is 3.75. The summed E-state index contributed by atoms with van der Waals surface area (Å²) in [4.78, 5) is 8.09. The summed E-state index contributed by atoms with van der Waals surface area (Å²) < 4.78 is 0. The highest BCUT2D eigenvalue weighted by atomic mass is 35.5. The van der Waals surface area contributed by atoms with Crippen LogP contribution in [0.2, 0.25) is 5.28 Å². The molecule has 3 nitrogen and oxygen atoms in total. The molecule has 0 aromatic carbocycles. The average molecular weight is 268 g/mol. The van der Waals surface area contributed by atoms with Gasteiger partial charge in [-0.3, -0.25) is 0 Å². The first-order chi connectivity index (χ1) is 8.60. The molecular weight excluding hydrogens is 246 g/mol. The standard InChI is InChI=1S/C14H22ClN3/c1-11(2)9-14(6-3-4-7-14)10-17-12-5-8-16-13(15)18-12/h5,8,11H,3-4,6-7,9-10H2,1-2H3,(H,16,17,18). The number of hydrogen-bond donors (Lipinski definition) is 1. The smallest absolute Gasteiger partial charge is 0.224 e. The van der Waals surface area contributed by atoms with Gasteiger partial charge in [0.05, 0.1) is 0 Å². The second-order valence-electron chi connectivity index (χ2n) is 5.87. The fourth-order valence-corrected chi connectivity index (χ4v) is 3.30. The molecular formula is C14H22ClN3. The molecule has 0 radical (unpaired) electrons. The molecule has 1 aromatic heterocycles. The number of nitrogens with one attached hydrogen (secondary N) is 1. The number of hydrogen-bond acceptors (Lipinski definition) is 3. The average Bonchev–Trinajstić information content (AvgIpc) is 2.75. The first-order valence-electron chi connectivity index (χ1n) is 6.82. The molecule has 0 amide bonds. The van der Waals surface area contributed by atoms with Gasteiger partial charge in [0.15, 0.2) is 0 Å². The Bertz CT molecular complexity index is 386. The first kappa shape index (κ1) is 13.6. The number of halogens is 1. The molecule has 0 spiro atoms. The summed E-state index contributed by atoms with van der Waals surface area (Å²) in [6.45, 7) is 5.61. The minimum atomic E-state index is 0.310. The lowest BCUT2D eigenvalue weighted by Gasteiger charge is -2.31. The third-order valence-corrected chi connectivity index (χ3v) is 3.96. The molecule has 0 unspecified atom stereocenters. The molecule has 0 aliphatic heterocycles. The molecule has 1 N–H and O–H groups in total. The van der Waals surface area contributed by atoms with Gasteiger partial charge < -0.3 is 5.32 Å². The van der Waals surface area contributed by atoms with Gasteiger partial charge >= 0.3 is 0 Å². The van der Waals surface area contributed by atoms with Gasteiger partial charge in [0.2, 0.25) is 5.28 Å². The van der Waals surface area contributed by atoms with E-state index < -0.39 is 0 Å². The normalized spacial score (nSPS) is 18.2. The Morgan fingerprint density at radius 1 is 1.39 bits per heavy atom. The van der Waals surface area contributed by atoms with Crippen LogP contribution in [0.1, 0.15) is 46.0 Å². The van der Waals surface area contributed by atoms with Crippen LogP contribution in [0.4, 0.5) is 5.82 Å². The molecule has 0 saturated heterocycles. The van der Waals surface area contributed by atoms with Crippen molar-refractivity contribution in [2.75, 3.05) is 11.9 Å². The largest absolute Gasteiger partial charge is 0.369 e. The van der Waals surface area contributed by atoms with Gasteiger partial charge in [0, 0.05) is 12.7 Å². The van der Waals surface area contributed by atoms with Crippen molar-refractivity contribution in [1.82, 2.24) is 9.97 Å². The molecule has 0 bridgehead atoms. The summed E-state index contributed by atoms with van der Waals surface area (Å²) in [5.41, 5.74) is 0.450. The molecule has 1 aliphatic rings. The van der Waals surface area contributed by atoms with Gasteiger partial charge in [-0.25, -0.2) is 9.97 Å². The molecule has 18 heavy (non-hydrogen) atoms. The quantitative estimate of drug-likeness (QED) is 0.815. The maximum Gasteiger partial charge on any atom is 0.224 e. The molecule has 4 heteroatoms. The Kier molecular flexibility index (Phi) is 4.44. The summed E-state index contributed by atoms with van der Waals surface area (Å²) in [5.74, 6) is 1.59. The third-order valence-electron chi connectivity index (χ3n) is 3.78. The fraction of sp³-hybridized carbons (Fsp3) is 0.714. The van der Waals surface area contributed by atoms with E-state index in [1.54, 1.807) is 6.20 Å². The minimum absolute atomic E-state index is 0.310. The van der Waals surface area contributed by atoms with Gasteiger partial charge in [-0.1, -0.05) is 26.7 Å². The zero-order valence-corrected chi connectivity index (χ0v) is 12.0. The topological polar surface area (TPSA) is 37.8 Å². The van der Waals surface area contributed by atoms with Crippen molar-refractivity contribution in [3.63, 3.8) is 0 Å². The van der Waals surface area contributed by atoms with E-state index in [0.717, 1.165) is 18.3 Å². The SMILES string of the molecule is CC(C)CC1(CNc2ccnc(Cl)n2)CCCC1. The van der Waals surface area contributed by atoms with Crippen LogP contribution in [0.5, 0.6) is 0 Å². The van der Waals surface area contributed by atoms with E-state index in [1.807, 2.05) is 6.07 Å². The summed E-state index contributed by atoms with van der Waals surface area (Å²) in [6.07, 6.45) is 8.37. The van der Waals surface area contributed by atoms with E-state index in [-0.39, 0.29) is 0 Å². The monoisotopic (exact) mass is 267 g/mol. The van der Waals surface area contributed by atoms with Gasteiger partial charge in [-0.2, -0.15) is 0 Å². The second kappa shape index (κ2) is 5.87. The summed E-state index contributed by atoms with van der Waals surface area (Å²) in [7, 11) is 0. The van der Waals surface area contributed by atoms with E-state index in [1.165, 1.54) is 32.1 Å². The molecule has 1 aromatic rings. The molecule has 1 aliphatic carbocycles. The van der Waals surface area contributed by atoms with Crippen LogP contribution >= 0.6 is 11.6 Å².